The predicted molar refractivity (Wildman–Crippen MR) is 112 cm³/mol. The fraction of sp³-hybridized carbons (Fsp3) is 0.300. The number of H-pyrrole nitrogens is 1. The van der Waals surface area contributed by atoms with Gasteiger partial charge in [-0.3, -0.25) is 14.3 Å². The number of likely N-dealkylation sites (tertiary alicyclic amines) is 1. The van der Waals surface area contributed by atoms with Crippen LogP contribution in [-0.2, 0) is 0 Å². The molecule has 3 N–H and O–H groups in total. The Hall–Kier alpha value is -2.28. The molecule has 1 aliphatic heterocycles. The van der Waals surface area contributed by atoms with E-state index in [0.717, 1.165) is 37.0 Å². The van der Waals surface area contributed by atoms with Crippen LogP contribution in [0.4, 0.5) is 5.69 Å². The van der Waals surface area contributed by atoms with Gasteiger partial charge in [-0.1, -0.05) is 35.3 Å². The quantitative estimate of drug-likeness (QED) is 0.499. The number of nitrogens with two attached hydrogens (primary N) is 1. The molecule has 1 aromatic heterocycles. The fourth-order valence-corrected chi connectivity index (χ4v) is 4.30. The lowest BCUT2D eigenvalue weighted by Crippen LogP contribution is -2.39. The molecule has 3 aromatic rings. The minimum absolute atomic E-state index is 0.0495. The van der Waals surface area contributed by atoms with Crippen LogP contribution in [0.1, 0.15) is 29.2 Å². The van der Waals surface area contributed by atoms with Crippen molar-refractivity contribution in [1.29, 1.82) is 0 Å². The fourth-order valence-electron chi connectivity index (χ4n) is 3.81. The Bertz CT molecular complexity index is 1070. The van der Waals surface area contributed by atoms with E-state index in [1.165, 1.54) is 0 Å². The maximum Gasteiger partial charge on any atom is 0.326 e. The van der Waals surface area contributed by atoms with Crippen molar-refractivity contribution in [1.82, 2.24) is 14.5 Å². The lowest BCUT2D eigenvalue weighted by atomic mass is 10.0. The minimum atomic E-state index is -0.0816. The summed E-state index contributed by atoms with van der Waals surface area (Å²) in [6.07, 6.45) is 1.61. The largest absolute Gasteiger partial charge is 0.396 e. The molecule has 4 rings (SSSR count). The number of halogens is 2. The predicted octanol–water partition coefficient (Wildman–Crippen LogP) is 3.74. The van der Waals surface area contributed by atoms with E-state index >= 15 is 0 Å². The molecular formula is C20H20Cl2N4O2. The van der Waals surface area contributed by atoms with Gasteiger partial charge in [0.05, 0.1) is 33.3 Å². The summed E-state index contributed by atoms with van der Waals surface area (Å²) in [7, 11) is 0. The highest BCUT2D eigenvalue weighted by Gasteiger charge is 2.25. The first-order valence-corrected chi connectivity index (χ1v) is 9.89. The molecule has 1 saturated heterocycles. The number of ketones is 1. The molecule has 0 spiro atoms. The molecule has 146 valence electrons. The van der Waals surface area contributed by atoms with Crippen LogP contribution in [-0.4, -0.2) is 39.9 Å². The van der Waals surface area contributed by atoms with Crippen molar-refractivity contribution in [3.05, 3.63) is 62.5 Å². The molecule has 1 fully saturated rings. The van der Waals surface area contributed by atoms with Crippen LogP contribution in [0, 0.1) is 0 Å². The topological polar surface area (TPSA) is 84.1 Å². The maximum absolute atomic E-state index is 12.6. The number of imidazole rings is 1. The number of nitrogen functional groups attached to an aromatic ring is 1. The summed E-state index contributed by atoms with van der Waals surface area (Å²) in [6.45, 7) is 1.75. The number of nitrogens with zero attached hydrogens (tertiary/aromatic N) is 2. The van der Waals surface area contributed by atoms with Gasteiger partial charge in [0, 0.05) is 24.7 Å². The number of aromatic nitrogens is 2. The molecule has 6 nitrogen and oxygen atoms in total. The molecule has 2 aromatic carbocycles. The first-order chi connectivity index (χ1) is 13.4. The lowest BCUT2D eigenvalue weighted by Gasteiger charge is -2.32. The highest BCUT2D eigenvalue weighted by atomic mass is 35.5. The molecule has 0 unspecified atom stereocenters. The Morgan fingerprint density at radius 2 is 1.79 bits per heavy atom. The monoisotopic (exact) mass is 418 g/mol. The van der Waals surface area contributed by atoms with E-state index in [2.05, 4.69) is 9.88 Å². The van der Waals surface area contributed by atoms with Crippen LogP contribution in [0.5, 0.6) is 0 Å². The number of hydrogen-bond donors (Lipinski definition) is 2. The smallest absolute Gasteiger partial charge is 0.326 e. The number of anilines is 1. The second-order valence-electron chi connectivity index (χ2n) is 7.10. The Kier molecular flexibility index (Phi) is 5.19. The summed E-state index contributed by atoms with van der Waals surface area (Å²) >= 11 is 12.1. The van der Waals surface area contributed by atoms with E-state index in [1.54, 1.807) is 12.1 Å². The number of hydrogen-bond acceptors (Lipinski definition) is 4. The van der Waals surface area contributed by atoms with Crippen LogP contribution >= 0.6 is 23.2 Å². The molecule has 8 heteroatoms. The lowest BCUT2D eigenvalue weighted by molar-refractivity contribution is 0.0898. The van der Waals surface area contributed by atoms with E-state index < -0.39 is 0 Å². The van der Waals surface area contributed by atoms with Gasteiger partial charge in [0.25, 0.3) is 0 Å². The van der Waals surface area contributed by atoms with Gasteiger partial charge in [-0.25, -0.2) is 4.79 Å². The number of fused-ring (bicyclic) bond motifs is 1. The molecule has 0 radical (unpaired) electrons. The summed E-state index contributed by atoms with van der Waals surface area (Å²) in [4.78, 5) is 30.0. The summed E-state index contributed by atoms with van der Waals surface area (Å²) in [5, 5.41) is 0.571. The van der Waals surface area contributed by atoms with Crippen LogP contribution in [0.2, 0.25) is 10.0 Å². The van der Waals surface area contributed by atoms with Gasteiger partial charge < -0.3 is 10.7 Å². The van der Waals surface area contributed by atoms with Gasteiger partial charge in [0.2, 0.25) is 0 Å². The van der Waals surface area contributed by atoms with E-state index in [0.29, 0.717) is 5.56 Å². The summed E-state index contributed by atoms with van der Waals surface area (Å²) < 4.78 is 1.84. The molecule has 0 aliphatic carbocycles. The number of aromatic amines is 1. The van der Waals surface area contributed by atoms with Gasteiger partial charge in [0.1, 0.15) is 0 Å². The summed E-state index contributed by atoms with van der Waals surface area (Å²) in [5.74, 6) is -0.0495. The third kappa shape index (κ3) is 3.55. The van der Waals surface area contributed by atoms with Crippen molar-refractivity contribution in [3.8, 4) is 0 Å². The summed E-state index contributed by atoms with van der Waals surface area (Å²) in [5.41, 5.74) is 8.16. The zero-order valence-electron chi connectivity index (χ0n) is 15.1. The minimum Gasteiger partial charge on any atom is -0.396 e. The second-order valence-corrected chi connectivity index (χ2v) is 7.92. The normalized spacial score (nSPS) is 15.9. The van der Waals surface area contributed by atoms with Gasteiger partial charge in [-0.05, 0) is 37.1 Å². The first kappa shape index (κ1) is 19.1. The van der Waals surface area contributed by atoms with E-state index in [-0.39, 0.29) is 39.8 Å². The standard InChI is InChI=1S/C20H20Cl2N4O2/c21-14-9-12(10-15(22)19(14)23)18(27)11-25-7-5-13(6-8-25)26-17-4-2-1-3-16(17)24-20(26)28/h1-4,9-10,13H,5-8,11,23H2,(H,24,28). The number of benzene rings is 2. The number of carbonyl (C=O) groups excluding carboxylic acids is 1. The molecule has 0 bridgehead atoms. The van der Waals surface area contributed by atoms with Crippen LogP contribution < -0.4 is 11.4 Å². The average Bonchev–Trinajstić information content (AvgIpc) is 3.02. The Balaban J connectivity index is 1.44. The Labute approximate surface area is 171 Å². The number of Topliss-reactive ketones (excluding diaryl/α,β-unsaturated/α-hetero) is 1. The Morgan fingerprint density at radius 3 is 2.46 bits per heavy atom. The first-order valence-electron chi connectivity index (χ1n) is 9.13. The van der Waals surface area contributed by atoms with Crippen molar-refractivity contribution >= 4 is 45.7 Å². The molecule has 1 aliphatic rings. The third-order valence-electron chi connectivity index (χ3n) is 5.31. The summed E-state index contributed by atoms with van der Waals surface area (Å²) in [6, 6.07) is 10.9. The van der Waals surface area contributed by atoms with Crippen LogP contribution in [0.15, 0.2) is 41.2 Å². The number of rotatable bonds is 4. The van der Waals surface area contributed by atoms with Crippen LogP contribution in [0.3, 0.4) is 0 Å². The van der Waals surface area contributed by atoms with Crippen molar-refractivity contribution in [2.75, 3.05) is 25.4 Å². The highest BCUT2D eigenvalue weighted by Crippen LogP contribution is 2.29. The zero-order chi connectivity index (χ0) is 19.8. The van der Waals surface area contributed by atoms with Crippen LogP contribution in [0.25, 0.3) is 11.0 Å². The number of piperidine rings is 1. The average molecular weight is 419 g/mol. The van der Waals surface area contributed by atoms with E-state index in [4.69, 9.17) is 28.9 Å². The Morgan fingerprint density at radius 1 is 1.14 bits per heavy atom. The van der Waals surface area contributed by atoms with Crippen molar-refractivity contribution in [3.63, 3.8) is 0 Å². The molecule has 28 heavy (non-hydrogen) atoms. The molecule has 0 amide bonds. The second kappa shape index (κ2) is 7.62. The van der Waals surface area contributed by atoms with Crippen molar-refractivity contribution in [2.24, 2.45) is 0 Å². The van der Waals surface area contributed by atoms with Gasteiger partial charge in [0.15, 0.2) is 5.78 Å². The molecule has 0 saturated carbocycles. The van der Waals surface area contributed by atoms with Gasteiger partial charge >= 0.3 is 5.69 Å². The molecule has 0 atom stereocenters. The zero-order valence-corrected chi connectivity index (χ0v) is 16.6. The van der Waals surface area contributed by atoms with E-state index in [9.17, 15) is 9.59 Å². The number of nitrogens with one attached hydrogen (secondary N) is 1. The van der Waals surface area contributed by atoms with Crippen molar-refractivity contribution < 1.29 is 4.79 Å². The molecular weight excluding hydrogens is 399 g/mol. The van der Waals surface area contributed by atoms with Gasteiger partial charge in [-0.15, -0.1) is 0 Å². The van der Waals surface area contributed by atoms with E-state index in [1.807, 2.05) is 28.8 Å². The number of para-hydroxylation sites is 2. The third-order valence-corrected chi connectivity index (χ3v) is 5.94. The van der Waals surface area contributed by atoms with Crippen molar-refractivity contribution in [2.45, 2.75) is 18.9 Å². The highest BCUT2D eigenvalue weighted by molar-refractivity contribution is 6.39. The SMILES string of the molecule is Nc1c(Cl)cc(C(=O)CN2CCC(n3c(=O)[nH]c4ccccc43)CC2)cc1Cl. The van der Waals surface area contributed by atoms with Gasteiger partial charge in [-0.2, -0.15) is 0 Å². The number of carbonyl (C=O) groups is 1. The molecule has 2 heterocycles. The maximum atomic E-state index is 12.6.